The molecule has 0 radical (unpaired) electrons. The molecule has 0 spiro atoms. The second-order valence-electron chi connectivity index (χ2n) is 7.31. The molecule has 1 aromatic carbocycles. The van der Waals surface area contributed by atoms with Crippen LogP contribution >= 0.6 is 11.6 Å². The molecule has 7 nitrogen and oxygen atoms in total. The Balaban J connectivity index is 1.35. The lowest BCUT2D eigenvalue weighted by atomic mass is 9.92. The van der Waals surface area contributed by atoms with Crippen LogP contribution in [-0.2, 0) is 11.2 Å². The monoisotopic (exact) mass is 393 g/mol. The van der Waals surface area contributed by atoms with E-state index in [4.69, 9.17) is 21.1 Å². The lowest BCUT2D eigenvalue weighted by Crippen LogP contribution is -2.52. The van der Waals surface area contributed by atoms with E-state index >= 15 is 0 Å². The molecule has 1 aromatic rings. The maximum absolute atomic E-state index is 12.7. The molecule has 146 valence electrons. The van der Waals surface area contributed by atoms with Gasteiger partial charge >= 0.3 is 6.03 Å². The quantitative estimate of drug-likeness (QED) is 0.851. The first kappa shape index (κ1) is 18.2. The number of amides is 3. The summed E-state index contributed by atoms with van der Waals surface area (Å²) in [5, 5.41) is 3.51. The van der Waals surface area contributed by atoms with E-state index in [1.165, 1.54) is 0 Å². The van der Waals surface area contributed by atoms with Gasteiger partial charge in [0.2, 0.25) is 5.91 Å². The minimum Gasteiger partial charge on any atom is -0.486 e. The van der Waals surface area contributed by atoms with Gasteiger partial charge in [-0.05, 0) is 37.0 Å². The summed E-state index contributed by atoms with van der Waals surface area (Å²) in [5.74, 6) is 1.35. The maximum atomic E-state index is 12.7. The van der Waals surface area contributed by atoms with Gasteiger partial charge in [-0.25, -0.2) is 4.79 Å². The highest BCUT2D eigenvalue weighted by atomic mass is 35.5. The zero-order valence-corrected chi connectivity index (χ0v) is 16.1. The van der Waals surface area contributed by atoms with E-state index in [1.54, 1.807) is 4.90 Å². The van der Waals surface area contributed by atoms with Crippen molar-refractivity contribution in [3.05, 3.63) is 22.7 Å². The van der Waals surface area contributed by atoms with Crippen LogP contribution in [-0.4, -0.2) is 67.7 Å². The van der Waals surface area contributed by atoms with E-state index in [0.717, 1.165) is 18.4 Å². The van der Waals surface area contributed by atoms with Crippen molar-refractivity contribution in [3.8, 4) is 11.5 Å². The number of ether oxygens (including phenoxy) is 2. The number of carbonyl (C=O) groups excluding carboxylic acids is 2. The van der Waals surface area contributed by atoms with Crippen LogP contribution in [0.4, 0.5) is 4.79 Å². The lowest BCUT2D eigenvalue weighted by Gasteiger charge is -2.35. The Labute approximate surface area is 163 Å². The number of urea groups is 1. The van der Waals surface area contributed by atoms with Gasteiger partial charge in [0.15, 0.2) is 11.5 Å². The number of fused-ring (bicyclic) bond motifs is 2. The van der Waals surface area contributed by atoms with Gasteiger partial charge in [0.05, 0.1) is 17.0 Å². The molecule has 0 unspecified atom stereocenters. The topological polar surface area (TPSA) is 71.1 Å². The molecule has 3 aliphatic heterocycles. The van der Waals surface area contributed by atoms with E-state index < -0.39 is 0 Å². The molecule has 3 heterocycles. The van der Waals surface area contributed by atoms with Gasteiger partial charge in [-0.1, -0.05) is 11.6 Å². The Morgan fingerprint density at radius 2 is 2.15 bits per heavy atom. The normalized spacial score (nSPS) is 24.0. The summed E-state index contributed by atoms with van der Waals surface area (Å²) in [5.41, 5.74) is 0.983. The van der Waals surface area contributed by atoms with Gasteiger partial charge in [0.1, 0.15) is 13.2 Å². The molecule has 27 heavy (non-hydrogen) atoms. The Bertz CT molecular complexity index is 757. The van der Waals surface area contributed by atoms with Crippen molar-refractivity contribution in [2.24, 2.45) is 5.92 Å². The van der Waals surface area contributed by atoms with Crippen molar-refractivity contribution < 1.29 is 19.1 Å². The highest BCUT2D eigenvalue weighted by molar-refractivity contribution is 6.32. The van der Waals surface area contributed by atoms with Crippen LogP contribution in [0.25, 0.3) is 0 Å². The first-order valence-electron chi connectivity index (χ1n) is 9.42. The van der Waals surface area contributed by atoms with Crippen molar-refractivity contribution in [1.82, 2.24) is 15.1 Å². The van der Waals surface area contributed by atoms with Gasteiger partial charge in [0.25, 0.3) is 0 Å². The van der Waals surface area contributed by atoms with Crippen LogP contribution in [0.5, 0.6) is 11.5 Å². The summed E-state index contributed by atoms with van der Waals surface area (Å²) in [6.07, 6.45) is 2.38. The van der Waals surface area contributed by atoms with Gasteiger partial charge in [0, 0.05) is 26.7 Å². The summed E-state index contributed by atoms with van der Waals surface area (Å²) in [6, 6.07) is 3.65. The number of likely N-dealkylation sites (N-methyl/N-ethyl adjacent to an activating group) is 1. The fourth-order valence-corrected chi connectivity index (χ4v) is 4.49. The number of rotatable bonds is 3. The van der Waals surface area contributed by atoms with Crippen LogP contribution in [0.3, 0.4) is 0 Å². The van der Waals surface area contributed by atoms with E-state index in [-0.39, 0.29) is 23.9 Å². The van der Waals surface area contributed by atoms with Crippen LogP contribution in [0.15, 0.2) is 12.1 Å². The fraction of sp³-hybridized carbons (Fsp3) is 0.579. The zero-order valence-electron chi connectivity index (χ0n) is 15.4. The molecule has 1 N–H and O–H groups in total. The summed E-state index contributed by atoms with van der Waals surface area (Å²) in [6.45, 7) is 2.82. The van der Waals surface area contributed by atoms with Gasteiger partial charge in [-0.2, -0.15) is 0 Å². The SMILES string of the molecule is CN1C[C@@H]2[C@@H](CCCN2C(=O)NCCc2cc(Cl)c3c(c2)OCCO3)C1=O. The summed E-state index contributed by atoms with van der Waals surface area (Å²) >= 11 is 6.26. The predicted molar refractivity (Wildman–Crippen MR) is 100 cm³/mol. The Kier molecular flexibility index (Phi) is 5.04. The molecule has 0 bridgehead atoms. The molecule has 0 aliphatic carbocycles. The second-order valence-corrected chi connectivity index (χ2v) is 7.72. The third-order valence-corrected chi connectivity index (χ3v) is 5.82. The Hall–Kier alpha value is -2.15. The van der Waals surface area contributed by atoms with Crippen LogP contribution in [0.2, 0.25) is 5.02 Å². The predicted octanol–water partition coefficient (Wildman–Crippen LogP) is 1.92. The largest absolute Gasteiger partial charge is 0.486 e. The first-order chi connectivity index (χ1) is 13.0. The standard InChI is InChI=1S/C19H24ClN3O4/c1-22-11-15-13(18(22)24)3-2-6-23(15)19(25)21-5-4-12-9-14(20)17-16(10-12)26-7-8-27-17/h9-10,13,15H,2-8,11H2,1H3,(H,21,25)/t13-,15-/m1/s1. The minimum atomic E-state index is -0.101. The highest BCUT2D eigenvalue weighted by Gasteiger charge is 2.45. The highest BCUT2D eigenvalue weighted by Crippen LogP contribution is 2.38. The lowest BCUT2D eigenvalue weighted by molar-refractivity contribution is -0.130. The van der Waals surface area contributed by atoms with Crippen molar-refractivity contribution in [3.63, 3.8) is 0 Å². The molecule has 3 aliphatic rings. The van der Waals surface area contributed by atoms with Gasteiger partial charge in [-0.3, -0.25) is 4.79 Å². The van der Waals surface area contributed by atoms with Gasteiger partial charge in [-0.15, -0.1) is 0 Å². The number of hydrogen-bond acceptors (Lipinski definition) is 4. The smallest absolute Gasteiger partial charge is 0.317 e. The molecule has 8 heteroatoms. The Morgan fingerprint density at radius 3 is 3.00 bits per heavy atom. The molecule has 3 amide bonds. The molecular formula is C19H24ClN3O4. The number of likely N-dealkylation sites (tertiary alicyclic amines) is 2. The number of halogens is 1. The fourth-order valence-electron chi connectivity index (χ4n) is 4.20. The maximum Gasteiger partial charge on any atom is 0.317 e. The number of benzene rings is 1. The van der Waals surface area contributed by atoms with Crippen LogP contribution in [0, 0.1) is 5.92 Å². The second kappa shape index (κ2) is 7.46. The third kappa shape index (κ3) is 3.52. The van der Waals surface area contributed by atoms with Crippen molar-refractivity contribution >= 4 is 23.5 Å². The van der Waals surface area contributed by atoms with E-state index in [1.807, 2.05) is 24.1 Å². The van der Waals surface area contributed by atoms with Crippen molar-refractivity contribution in [2.45, 2.75) is 25.3 Å². The van der Waals surface area contributed by atoms with Crippen molar-refractivity contribution in [2.75, 3.05) is 39.9 Å². The Morgan fingerprint density at radius 1 is 1.33 bits per heavy atom. The number of carbonyl (C=O) groups is 2. The summed E-state index contributed by atoms with van der Waals surface area (Å²) < 4.78 is 11.1. The van der Waals surface area contributed by atoms with E-state index in [0.29, 0.717) is 55.8 Å². The average molecular weight is 394 g/mol. The summed E-state index contributed by atoms with van der Waals surface area (Å²) in [4.78, 5) is 28.4. The minimum absolute atomic E-state index is 0.0139. The summed E-state index contributed by atoms with van der Waals surface area (Å²) in [7, 11) is 1.81. The first-order valence-corrected chi connectivity index (χ1v) is 9.80. The van der Waals surface area contributed by atoms with Crippen LogP contribution < -0.4 is 14.8 Å². The average Bonchev–Trinajstić information content (AvgIpc) is 2.96. The molecule has 0 saturated carbocycles. The number of nitrogens with one attached hydrogen (secondary N) is 1. The van der Waals surface area contributed by atoms with E-state index in [9.17, 15) is 9.59 Å². The molecule has 2 atom stereocenters. The number of piperidine rings is 1. The molecule has 2 saturated heterocycles. The van der Waals surface area contributed by atoms with E-state index in [2.05, 4.69) is 5.32 Å². The van der Waals surface area contributed by atoms with Gasteiger partial charge < -0.3 is 24.6 Å². The third-order valence-electron chi connectivity index (χ3n) is 5.54. The molecular weight excluding hydrogens is 370 g/mol. The van der Waals surface area contributed by atoms with Crippen LogP contribution in [0.1, 0.15) is 18.4 Å². The zero-order chi connectivity index (χ0) is 19.0. The molecule has 2 fully saturated rings. The number of hydrogen-bond donors (Lipinski definition) is 1. The molecule has 0 aromatic heterocycles. The number of nitrogens with zero attached hydrogens (tertiary/aromatic N) is 2. The molecule has 4 rings (SSSR count). The van der Waals surface area contributed by atoms with Crippen molar-refractivity contribution in [1.29, 1.82) is 0 Å².